The number of phenolic OH excluding ortho intramolecular Hbond substituents is 1. The molecule has 2 aromatic carbocycles. The third kappa shape index (κ3) is 3.40. The van der Waals surface area contributed by atoms with E-state index in [1.807, 2.05) is 52.7 Å². The van der Waals surface area contributed by atoms with Gasteiger partial charge in [-0.05, 0) is 23.1 Å². The van der Waals surface area contributed by atoms with E-state index in [9.17, 15) is 5.11 Å². The van der Waals surface area contributed by atoms with Gasteiger partial charge in [-0.15, -0.1) is 11.8 Å². The number of para-hydroxylation sites is 1. The molecule has 0 radical (unpaired) electrons. The van der Waals surface area contributed by atoms with Crippen LogP contribution in [-0.4, -0.2) is 14.7 Å². The summed E-state index contributed by atoms with van der Waals surface area (Å²) in [7, 11) is 0. The van der Waals surface area contributed by atoms with Crippen LogP contribution in [0.3, 0.4) is 0 Å². The Bertz CT molecular complexity index is 766. The average molecular weight is 308 g/mol. The highest BCUT2D eigenvalue weighted by atomic mass is 32.2. The van der Waals surface area contributed by atoms with Crippen LogP contribution < -0.4 is 0 Å². The predicted molar refractivity (Wildman–Crippen MR) is 92.4 cm³/mol. The standard InChI is InChI=1S/C18H16N2OS/c21-17-9-5-4-8-16(17)18-19-10-11-20(18)12-13-22-14-15-6-2-1-3-7-15/h1-13,21H,14H2. The first-order chi connectivity index (χ1) is 10.8. The maximum absolute atomic E-state index is 9.94. The summed E-state index contributed by atoms with van der Waals surface area (Å²) in [5, 5.41) is 12.0. The minimum atomic E-state index is 0.236. The van der Waals surface area contributed by atoms with E-state index in [1.165, 1.54) is 5.56 Å². The first-order valence-corrected chi connectivity index (χ1v) is 8.03. The summed E-state index contributed by atoms with van der Waals surface area (Å²) in [6, 6.07) is 17.6. The molecule has 0 aliphatic rings. The lowest BCUT2D eigenvalue weighted by atomic mass is 10.2. The zero-order chi connectivity index (χ0) is 15.2. The molecule has 0 saturated carbocycles. The summed E-state index contributed by atoms with van der Waals surface area (Å²) in [6.07, 6.45) is 5.57. The van der Waals surface area contributed by atoms with Crippen molar-refractivity contribution in [3.8, 4) is 17.1 Å². The minimum absolute atomic E-state index is 0.236. The number of nitrogens with zero attached hydrogens (tertiary/aromatic N) is 2. The Balaban J connectivity index is 1.70. The minimum Gasteiger partial charge on any atom is -0.507 e. The third-order valence-electron chi connectivity index (χ3n) is 3.22. The molecule has 0 amide bonds. The number of hydrogen-bond acceptors (Lipinski definition) is 3. The molecule has 3 rings (SSSR count). The molecule has 0 bridgehead atoms. The van der Waals surface area contributed by atoms with E-state index >= 15 is 0 Å². The number of aromatic nitrogens is 2. The normalized spacial score (nSPS) is 11.1. The van der Waals surface area contributed by atoms with E-state index < -0.39 is 0 Å². The molecule has 4 heteroatoms. The number of hydrogen-bond donors (Lipinski definition) is 1. The topological polar surface area (TPSA) is 38.1 Å². The summed E-state index contributed by atoms with van der Waals surface area (Å²) >= 11 is 1.72. The Morgan fingerprint density at radius 3 is 2.64 bits per heavy atom. The molecule has 1 N–H and O–H groups in total. The second-order valence-electron chi connectivity index (χ2n) is 4.76. The lowest BCUT2D eigenvalue weighted by molar-refractivity contribution is 0.477. The van der Waals surface area contributed by atoms with Crippen LogP contribution in [0.15, 0.2) is 72.4 Å². The summed E-state index contributed by atoms with van der Waals surface area (Å²) < 4.78 is 1.91. The molecule has 0 spiro atoms. The molecule has 0 atom stereocenters. The summed E-state index contributed by atoms with van der Waals surface area (Å²) in [4.78, 5) is 4.33. The molecule has 0 fully saturated rings. The number of imidazole rings is 1. The van der Waals surface area contributed by atoms with Gasteiger partial charge in [0.25, 0.3) is 0 Å². The van der Waals surface area contributed by atoms with Crippen molar-refractivity contribution in [1.82, 2.24) is 9.55 Å². The van der Waals surface area contributed by atoms with Gasteiger partial charge in [-0.1, -0.05) is 42.5 Å². The molecule has 3 aromatic rings. The molecule has 110 valence electrons. The first-order valence-electron chi connectivity index (χ1n) is 6.98. The van der Waals surface area contributed by atoms with E-state index in [4.69, 9.17) is 0 Å². The Labute approximate surface area is 134 Å². The summed E-state index contributed by atoms with van der Waals surface area (Å²) in [6.45, 7) is 0. The zero-order valence-electron chi connectivity index (χ0n) is 12.0. The fourth-order valence-corrected chi connectivity index (χ4v) is 2.83. The van der Waals surface area contributed by atoms with Gasteiger partial charge in [-0.2, -0.15) is 0 Å². The highest BCUT2D eigenvalue weighted by molar-refractivity contribution is 8.01. The molecule has 1 aromatic heterocycles. The number of aromatic hydroxyl groups is 1. The highest BCUT2D eigenvalue weighted by Crippen LogP contribution is 2.27. The van der Waals surface area contributed by atoms with Crippen molar-refractivity contribution < 1.29 is 5.11 Å². The van der Waals surface area contributed by atoms with Gasteiger partial charge >= 0.3 is 0 Å². The van der Waals surface area contributed by atoms with Crippen LogP contribution in [0.25, 0.3) is 17.6 Å². The number of rotatable bonds is 5. The maximum atomic E-state index is 9.94. The number of benzene rings is 2. The van der Waals surface area contributed by atoms with E-state index in [-0.39, 0.29) is 5.75 Å². The van der Waals surface area contributed by atoms with Gasteiger partial charge in [-0.3, -0.25) is 0 Å². The highest BCUT2D eigenvalue weighted by Gasteiger charge is 2.07. The lowest BCUT2D eigenvalue weighted by Crippen LogP contribution is -1.90. The molecular weight excluding hydrogens is 292 g/mol. The number of thioether (sulfide) groups is 1. The largest absolute Gasteiger partial charge is 0.507 e. The van der Waals surface area contributed by atoms with E-state index in [2.05, 4.69) is 17.1 Å². The number of phenols is 1. The van der Waals surface area contributed by atoms with Crippen molar-refractivity contribution in [2.24, 2.45) is 0 Å². The van der Waals surface area contributed by atoms with Crippen molar-refractivity contribution in [2.45, 2.75) is 5.75 Å². The zero-order valence-corrected chi connectivity index (χ0v) is 12.8. The van der Waals surface area contributed by atoms with Crippen LogP contribution >= 0.6 is 11.8 Å². The van der Waals surface area contributed by atoms with E-state index in [0.29, 0.717) is 0 Å². The summed E-state index contributed by atoms with van der Waals surface area (Å²) in [5.41, 5.74) is 2.02. The van der Waals surface area contributed by atoms with Gasteiger partial charge < -0.3 is 9.67 Å². The van der Waals surface area contributed by atoms with E-state index in [1.54, 1.807) is 30.1 Å². The molecule has 0 unspecified atom stereocenters. The third-order valence-corrected chi connectivity index (χ3v) is 4.04. The smallest absolute Gasteiger partial charge is 0.147 e. The second kappa shape index (κ2) is 7.00. The van der Waals surface area contributed by atoms with Crippen molar-refractivity contribution in [2.75, 3.05) is 0 Å². The molecule has 0 saturated heterocycles. The fraction of sp³-hybridized carbons (Fsp3) is 0.0556. The van der Waals surface area contributed by atoms with Crippen LogP contribution in [0, 0.1) is 0 Å². The van der Waals surface area contributed by atoms with Gasteiger partial charge in [0.1, 0.15) is 11.6 Å². The van der Waals surface area contributed by atoms with Crippen LogP contribution in [0.1, 0.15) is 5.56 Å². The van der Waals surface area contributed by atoms with Gasteiger partial charge in [0.05, 0.1) is 5.56 Å². The van der Waals surface area contributed by atoms with Gasteiger partial charge in [0.15, 0.2) is 0 Å². The van der Waals surface area contributed by atoms with E-state index in [0.717, 1.165) is 17.1 Å². The molecule has 3 nitrogen and oxygen atoms in total. The second-order valence-corrected chi connectivity index (χ2v) is 5.65. The maximum Gasteiger partial charge on any atom is 0.147 e. The van der Waals surface area contributed by atoms with Gasteiger partial charge in [-0.25, -0.2) is 4.98 Å². The molecular formula is C18H16N2OS. The van der Waals surface area contributed by atoms with Gasteiger partial charge in [0.2, 0.25) is 0 Å². The Hall–Kier alpha value is -2.46. The fourth-order valence-electron chi connectivity index (χ4n) is 2.13. The first kappa shape index (κ1) is 14.5. The Morgan fingerprint density at radius 1 is 1.05 bits per heavy atom. The molecule has 0 aliphatic heterocycles. The van der Waals surface area contributed by atoms with Gasteiger partial charge in [0, 0.05) is 24.3 Å². The molecule has 22 heavy (non-hydrogen) atoms. The van der Waals surface area contributed by atoms with Crippen LogP contribution in [0.4, 0.5) is 0 Å². The quantitative estimate of drug-likeness (QED) is 0.747. The Kier molecular flexibility index (Phi) is 4.61. The monoisotopic (exact) mass is 308 g/mol. The molecule has 0 aliphatic carbocycles. The summed E-state index contributed by atoms with van der Waals surface area (Å²) in [5.74, 6) is 1.90. The van der Waals surface area contributed by atoms with Crippen LogP contribution in [0.2, 0.25) is 0 Å². The average Bonchev–Trinajstić information content (AvgIpc) is 3.01. The Morgan fingerprint density at radius 2 is 1.82 bits per heavy atom. The van der Waals surface area contributed by atoms with Crippen LogP contribution in [-0.2, 0) is 5.75 Å². The van der Waals surface area contributed by atoms with Crippen molar-refractivity contribution in [1.29, 1.82) is 0 Å². The van der Waals surface area contributed by atoms with Crippen molar-refractivity contribution >= 4 is 18.0 Å². The van der Waals surface area contributed by atoms with Crippen molar-refractivity contribution in [3.05, 3.63) is 78.0 Å². The predicted octanol–water partition coefficient (Wildman–Crippen LogP) is 4.62. The SMILES string of the molecule is Oc1ccccc1-c1nccn1C=CSCc1ccccc1. The van der Waals surface area contributed by atoms with Crippen LogP contribution in [0.5, 0.6) is 5.75 Å². The van der Waals surface area contributed by atoms with Crippen molar-refractivity contribution in [3.63, 3.8) is 0 Å². The lowest BCUT2D eigenvalue weighted by Gasteiger charge is -2.04. The molecule has 1 heterocycles.